The summed E-state index contributed by atoms with van der Waals surface area (Å²) in [7, 11) is 1.68. The van der Waals surface area contributed by atoms with Gasteiger partial charge in [-0.05, 0) is 25.7 Å². The number of hydrogen-bond acceptors (Lipinski definition) is 5. The molecule has 1 unspecified atom stereocenters. The van der Waals surface area contributed by atoms with Crippen molar-refractivity contribution in [2.75, 3.05) is 20.3 Å². The van der Waals surface area contributed by atoms with E-state index in [-0.39, 0.29) is 5.69 Å². The molecule has 0 aromatic carbocycles. The van der Waals surface area contributed by atoms with Gasteiger partial charge in [0.05, 0.1) is 13.2 Å². The van der Waals surface area contributed by atoms with Crippen molar-refractivity contribution in [1.29, 1.82) is 0 Å². The average molecular weight is 268 g/mol. The molecule has 0 aliphatic heterocycles. The second kappa shape index (κ2) is 6.16. The van der Waals surface area contributed by atoms with Crippen LogP contribution >= 0.6 is 0 Å². The zero-order chi connectivity index (χ0) is 13.8. The maximum Gasteiger partial charge on any atom is 0.358 e. The molecule has 1 heterocycles. The number of aromatic nitrogens is 1. The Kier molecular flexibility index (Phi) is 4.55. The van der Waals surface area contributed by atoms with Crippen LogP contribution in [0.4, 0.5) is 0 Å². The molecule has 0 saturated heterocycles. The van der Waals surface area contributed by atoms with Gasteiger partial charge in [-0.3, -0.25) is 4.90 Å². The van der Waals surface area contributed by atoms with Gasteiger partial charge in [-0.15, -0.1) is 0 Å². The van der Waals surface area contributed by atoms with Gasteiger partial charge in [-0.25, -0.2) is 4.79 Å². The number of methoxy groups -OCH3 is 1. The third-order valence-electron chi connectivity index (χ3n) is 3.60. The maximum absolute atomic E-state index is 10.8. The molecule has 0 radical (unpaired) electrons. The lowest BCUT2D eigenvalue weighted by Gasteiger charge is -2.27. The summed E-state index contributed by atoms with van der Waals surface area (Å²) in [6.07, 6.45) is 2.53. The fourth-order valence-corrected chi connectivity index (χ4v) is 2.20. The second-order valence-electron chi connectivity index (χ2n) is 5.02. The minimum absolute atomic E-state index is 0.0410. The van der Waals surface area contributed by atoms with Gasteiger partial charge in [0.15, 0.2) is 11.5 Å². The molecule has 1 fully saturated rings. The molecule has 106 valence electrons. The molecule has 1 N–H and O–H groups in total. The van der Waals surface area contributed by atoms with Crippen LogP contribution in [-0.2, 0) is 11.3 Å². The van der Waals surface area contributed by atoms with Crippen LogP contribution < -0.4 is 0 Å². The highest BCUT2D eigenvalue weighted by Gasteiger charge is 2.32. The normalized spacial score (nSPS) is 16.8. The first kappa shape index (κ1) is 14.0. The number of rotatable bonds is 8. The summed E-state index contributed by atoms with van der Waals surface area (Å²) in [6.45, 7) is 4.22. The van der Waals surface area contributed by atoms with Crippen molar-refractivity contribution in [3.63, 3.8) is 0 Å². The quantitative estimate of drug-likeness (QED) is 0.772. The van der Waals surface area contributed by atoms with Gasteiger partial charge in [0.1, 0.15) is 0 Å². The van der Waals surface area contributed by atoms with Crippen molar-refractivity contribution in [2.45, 2.75) is 32.4 Å². The molecule has 1 atom stereocenters. The van der Waals surface area contributed by atoms with Gasteiger partial charge >= 0.3 is 5.97 Å². The van der Waals surface area contributed by atoms with Crippen molar-refractivity contribution < 1.29 is 19.2 Å². The predicted octanol–water partition coefficient (Wildman–Crippen LogP) is 1.62. The van der Waals surface area contributed by atoms with E-state index < -0.39 is 5.97 Å². The third kappa shape index (κ3) is 3.78. The lowest BCUT2D eigenvalue weighted by molar-refractivity contribution is 0.0685. The van der Waals surface area contributed by atoms with E-state index in [9.17, 15) is 4.79 Å². The Hall–Kier alpha value is -1.40. The van der Waals surface area contributed by atoms with Gasteiger partial charge < -0.3 is 14.4 Å². The molecule has 1 aromatic heterocycles. The Morgan fingerprint density at radius 1 is 1.68 bits per heavy atom. The largest absolute Gasteiger partial charge is 0.476 e. The van der Waals surface area contributed by atoms with Crippen LogP contribution in [0.2, 0.25) is 0 Å². The molecule has 19 heavy (non-hydrogen) atoms. The first-order chi connectivity index (χ1) is 9.11. The standard InChI is InChI=1S/C13H20N2O4/c1-9(10-3-4-10)15(5-6-18-2)8-11-7-12(13(16)17)14-19-11/h7,9-10H,3-6,8H2,1-2H3,(H,16,17). The molecule has 0 amide bonds. The second-order valence-corrected chi connectivity index (χ2v) is 5.02. The van der Waals surface area contributed by atoms with Crippen molar-refractivity contribution >= 4 is 5.97 Å². The van der Waals surface area contributed by atoms with Crippen LogP contribution in [0, 0.1) is 5.92 Å². The van der Waals surface area contributed by atoms with Crippen LogP contribution in [-0.4, -0.2) is 47.4 Å². The average Bonchev–Trinajstić information content (AvgIpc) is 3.13. The third-order valence-corrected chi connectivity index (χ3v) is 3.60. The van der Waals surface area contributed by atoms with E-state index in [0.717, 1.165) is 12.5 Å². The molecule has 0 bridgehead atoms. The molecule has 6 heteroatoms. The summed E-state index contributed by atoms with van der Waals surface area (Å²) in [5.74, 6) is 0.258. The van der Waals surface area contributed by atoms with Crippen LogP contribution in [0.5, 0.6) is 0 Å². The first-order valence-corrected chi connectivity index (χ1v) is 6.53. The van der Waals surface area contributed by atoms with Crippen LogP contribution in [0.15, 0.2) is 10.6 Å². The highest BCUT2D eigenvalue weighted by Crippen LogP contribution is 2.35. The number of carboxylic acids is 1. The van der Waals surface area contributed by atoms with E-state index in [4.69, 9.17) is 14.4 Å². The smallest absolute Gasteiger partial charge is 0.358 e. The van der Waals surface area contributed by atoms with Crippen LogP contribution in [0.25, 0.3) is 0 Å². The Morgan fingerprint density at radius 2 is 2.42 bits per heavy atom. The zero-order valence-electron chi connectivity index (χ0n) is 11.3. The van der Waals surface area contributed by atoms with E-state index in [1.54, 1.807) is 7.11 Å². The van der Waals surface area contributed by atoms with Gasteiger partial charge in [-0.1, -0.05) is 5.16 Å². The minimum atomic E-state index is -1.06. The molecular formula is C13H20N2O4. The molecular weight excluding hydrogens is 248 g/mol. The Morgan fingerprint density at radius 3 is 2.95 bits per heavy atom. The first-order valence-electron chi connectivity index (χ1n) is 6.53. The molecule has 1 saturated carbocycles. The minimum Gasteiger partial charge on any atom is -0.476 e. The van der Waals surface area contributed by atoms with Crippen molar-refractivity contribution in [1.82, 2.24) is 10.1 Å². The van der Waals surface area contributed by atoms with E-state index in [1.807, 2.05) is 0 Å². The zero-order valence-corrected chi connectivity index (χ0v) is 11.3. The van der Waals surface area contributed by atoms with E-state index in [1.165, 1.54) is 18.9 Å². The Bertz CT molecular complexity index is 428. The van der Waals surface area contributed by atoms with E-state index >= 15 is 0 Å². The predicted molar refractivity (Wildman–Crippen MR) is 67.9 cm³/mol. The van der Waals surface area contributed by atoms with Crippen LogP contribution in [0.3, 0.4) is 0 Å². The summed E-state index contributed by atoms with van der Waals surface area (Å²) in [5, 5.41) is 12.4. The SMILES string of the molecule is COCCN(Cc1cc(C(=O)O)no1)C(C)C1CC1. The number of carboxylic acid groups (broad SMARTS) is 1. The Balaban J connectivity index is 1.98. The lowest BCUT2D eigenvalue weighted by atomic mass is 10.1. The number of nitrogens with zero attached hydrogens (tertiary/aromatic N) is 2. The molecule has 1 aliphatic carbocycles. The van der Waals surface area contributed by atoms with Crippen molar-refractivity contribution in [3.05, 3.63) is 17.5 Å². The summed E-state index contributed by atoms with van der Waals surface area (Å²) in [4.78, 5) is 13.0. The summed E-state index contributed by atoms with van der Waals surface area (Å²) >= 11 is 0. The van der Waals surface area contributed by atoms with E-state index in [2.05, 4.69) is 17.0 Å². The summed E-state index contributed by atoms with van der Waals surface area (Å²) < 4.78 is 10.2. The summed E-state index contributed by atoms with van der Waals surface area (Å²) in [6, 6.07) is 1.94. The fraction of sp³-hybridized carbons (Fsp3) is 0.692. The lowest BCUT2D eigenvalue weighted by Crippen LogP contribution is -2.36. The molecule has 1 aliphatic rings. The molecule has 0 spiro atoms. The van der Waals surface area contributed by atoms with Gasteiger partial charge in [-0.2, -0.15) is 0 Å². The number of ether oxygens (including phenoxy) is 1. The Labute approximate surface area is 112 Å². The summed E-state index contributed by atoms with van der Waals surface area (Å²) in [5.41, 5.74) is -0.0410. The highest BCUT2D eigenvalue weighted by atomic mass is 16.5. The number of hydrogen-bond donors (Lipinski definition) is 1. The van der Waals surface area contributed by atoms with Crippen molar-refractivity contribution in [3.8, 4) is 0 Å². The van der Waals surface area contributed by atoms with E-state index in [0.29, 0.717) is 25.0 Å². The number of aromatic carboxylic acids is 1. The number of carbonyl (C=O) groups is 1. The van der Waals surface area contributed by atoms with Gasteiger partial charge in [0.2, 0.25) is 0 Å². The fourth-order valence-electron chi connectivity index (χ4n) is 2.20. The van der Waals surface area contributed by atoms with Gasteiger partial charge in [0, 0.05) is 25.8 Å². The van der Waals surface area contributed by atoms with Gasteiger partial charge in [0.25, 0.3) is 0 Å². The maximum atomic E-state index is 10.8. The van der Waals surface area contributed by atoms with Crippen molar-refractivity contribution in [2.24, 2.45) is 5.92 Å². The van der Waals surface area contributed by atoms with Crippen LogP contribution in [0.1, 0.15) is 36.0 Å². The molecule has 6 nitrogen and oxygen atoms in total. The molecule has 2 rings (SSSR count). The molecule has 1 aromatic rings. The monoisotopic (exact) mass is 268 g/mol. The highest BCUT2D eigenvalue weighted by molar-refractivity contribution is 5.85. The topological polar surface area (TPSA) is 75.8 Å².